The van der Waals surface area contributed by atoms with E-state index in [0.717, 1.165) is 31.1 Å². The topological polar surface area (TPSA) is 74.5 Å². The molecule has 0 radical (unpaired) electrons. The lowest BCUT2D eigenvalue weighted by atomic mass is 10.0. The van der Waals surface area contributed by atoms with Crippen LogP contribution in [0.15, 0.2) is 59.4 Å². The van der Waals surface area contributed by atoms with Gasteiger partial charge in [-0.1, -0.05) is 36.4 Å². The van der Waals surface area contributed by atoms with Crippen molar-refractivity contribution in [2.45, 2.75) is 38.0 Å². The number of pyridine rings is 1. The number of benzene rings is 2. The normalized spacial score (nSPS) is 15.5. The zero-order chi connectivity index (χ0) is 18.8. The predicted molar refractivity (Wildman–Crippen MR) is 113 cm³/mol. The Morgan fingerprint density at radius 3 is 2.36 bits per heavy atom. The van der Waals surface area contributed by atoms with Gasteiger partial charge in [0.1, 0.15) is 12.0 Å². The van der Waals surface area contributed by atoms with E-state index in [-0.39, 0.29) is 36.3 Å². The number of rotatable bonds is 4. The van der Waals surface area contributed by atoms with Crippen LogP contribution >= 0.6 is 12.4 Å². The molecule has 2 aromatic carbocycles. The summed E-state index contributed by atoms with van der Waals surface area (Å²) in [6, 6.07) is 17.0. The van der Waals surface area contributed by atoms with Crippen molar-refractivity contribution >= 4 is 23.3 Å². The molecule has 148 valence electrons. The summed E-state index contributed by atoms with van der Waals surface area (Å²) in [7, 11) is 0. The van der Waals surface area contributed by atoms with Crippen LogP contribution in [0.5, 0.6) is 5.75 Å². The lowest BCUT2D eigenvalue weighted by Gasteiger charge is -2.22. The first-order valence-electron chi connectivity index (χ1n) is 9.45. The predicted octanol–water partition coefficient (Wildman–Crippen LogP) is 3.16. The van der Waals surface area contributed by atoms with Crippen molar-refractivity contribution < 1.29 is 10.2 Å². The summed E-state index contributed by atoms with van der Waals surface area (Å²) in [5.74, 6) is -0.00540. The maximum atomic E-state index is 12.3. The van der Waals surface area contributed by atoms with E-state index < -0.39 is 6.23 Å². The Bertz CT molecular complexity index is 991. The number of hydrogen-bond acceptors (Lipinski definition) is 4. The number of aromatic nitrogens is 1. The summed E-state index contributed by atoms with van der Waals surface area (Å²) in [6.07, 6.45) is 2.98. The maximum absolute atomic E-state index is 12.3. The van der Waals surface area contributed by atoms with Crippen molar-refractivity contribution in [1.29, 1.82) is 0 Å². The van der Waals surface area contributed by atoms with Gasteiger partial charge in [-0.3, -0.25) is 9.36 Å². The molecule has 3 aromatic rings. The fourth-order valence-electron chi connectivity index (χ4n) is 4.01. The zero-order valence-corrected chi connectivity index (χ0v) is 16.4. The highest BCUT2D eigenvalue weighted by Gasteiger charge is 2.19. The van der Waals surface area contributed by atoms with Crippen molar-refractivity contribution in [3.05, 3.63) is 76.1 Å². The van der Waals surface area contributed by atoms with Crippen molar-refractivity contribution in [3.63, 3.8) is 0 Å². The summed E-state index contributed by atoms with van der Waals surface area (Å²) in [5.41, 5.74) is 2.84. The third-order valence-corrected chi connectivity index (χ3v) is 5.46. The van der Waals surface area contributed by atoms with Crippen molar-refractivity contribution in [2.24, 2.45) is 0 Å². The first-order chi connectivity index (χ1) is 13.1. The van der Waals surface area contributed by atoms with E-state index in [1.54, 1.807) is 12.1 Å². The summed E-state index contributed by atoms with van der Waals surface area (Å²) in [4.78, 5) is 12.3. The Kier molecular flexibility index (Phi) is 6.39. The molecule has 0 amide bonds. The highest BCUT2D eigenvalue weighted by Crippen LogP contribution is 2.25. The van der Waals surface area contributed by atoms with Gasteiger partial charge in [-0.15, -0.1) is 12.4 Å². The van der Waals surface area contributed by atoms with Gasteiger partial charge < -0.3 is 15.5 Å². The molecule has 0 fully saturated rings. The Labute approximate surface area is 170 Å². The third-order valence-electron chi connectivity index (χ3n) is 5.46. The minimum Gasteiger partial charge on any atom is -0.506 e. The number of para-hydroxylation sites is 1. The smallest absolute Gasteiger partial charge is 0.253 e. The number of aryl methyl sites for hydroxylation is 2. The van der Waals surface area contributed by atoms with Crippen molar-refractivity contribution in [3.8, 4) is 5.75 Å². The number of aliphatic hydroxyl groups is 1. The van der Waals surface area contributed by atoms with Gasteiger partial charge in [0.15, 0.2) is 0 Å². The number of fused-ring (bicyclic) bond motifs is 2. The molecule has 5 nitrogen and oxygen atoms in total. The molecule has 0 bridgehead atoms. The van der Waals surface area contributed by atoms with Gasteiger partial charge in [0.05, 0.1) is 5.52 Å². The fourth-order valence-corrected chi connectivity index (χ4v) is 4.01. The van der Waals surface area contributed by atoms with Gasteiger partial charge in [0.2, 0.25) is 0 Å². The molecular formula is C22H25ClN2O3. The Morgan fingerprint density at radius 1 is 1.00 bits per heavy atom. The zero-order valence-electron chi connectivity index (χ0n) is 15.5. The van der Waals surface area contributed by atoms with E-state index in [1.165, 1.54) is 27.8 Å². The Hall–Kier alpha value is -2.34. The average Bonchev–Trinajstić information content (AvgIpc) is 2.89. The molecule has 0 saturated carbocycles. The van der Waals surface area contributed by atoms with Crippen LogP contribution in [0.3, 0.4) is 0 Å². The highest BCUT2D eigenvalue weighted by atomic mass is 35.5. The van der Waals surface area contributed by atoms with Gasteiger partial charge in [0, 0.05) is 24.0 Å². The molecule has 28 heavy (non-hydrogen) atoms. The first-order valence-corrected chi connectivity index (χ1v) is 9.45. The van der Waals surface area contributed by atoms with Crippen LogP contribution < -0.4 is 10.9 Å². The van der Waals surface area contributed by atoms with E-state index in [2.05, 4.69) is 29.6 Å². The molecular weight excluding hydrogens is 376 g/mol. The number of hydrogen-bond donors (Lipinski definition) is 3. The number of aromatic hydroxyl groups is 1. The number of phenolic OH excluding ortho intramolecular Hbond substituents is 1. The van der Waals surface area contributed by atoms with Crippen molar-refractivity contribution in [1.82, 2.24) is 9.88 Å². The monoisotopic (exact) mass is 400 g/mol. The minimum absolute atomic E-state index is 0. The Balaban J connectivity index is 0.00000225. The van der Waals surface area contributed by atoms with Crippen LogP contribution in [-0.2, 0) is 12.8 Å². The van der Waals surface area contributed by atoms with Gasteiger partial charge >= 0.3 is 0 Å². The second kappa shape index (κ2) is 8.78. The molecule has 1 aromatic heterocycles. The Morgan fingerprint density at radius 2 is 1.68 bits per heavy atom. The van der Waals surface area contributed by atoms with E-state index in [0.29, 0.717) is 5.52 Å². The van der Waals surface area contributed by atoms with E-state index in [4.69, 9.17) is 0 Å². The number of nitrogens with zero attached hydrogens (tertiary/aromatic N) is 1. The van der Waals surface area contributed by atoms with Crippen LogP contribution in [0.1, 0.15) is 30.2 Å². The number of nitrogens with one attached hydrogen (secondary N) is 1. The molecule has 4 rings (SSSR count). The van der Waals surface area contributed by atoms with E-state index in [1.807, 2.05) is 6.07 Å². The molecule has 3 N–H and O–H groups in total. The quantitative estimate of drug-likeness (QED) is 0.588. The van der Waals surface area contributed by atoms with Crippen LogP contribution in [0.2, 0.25) is 0 Å². The molecule has 0 unspecified atom stereocenters. The third kappa shape index (κ3) is 4.07. The van der Waals surface area contributed by atoms with Crippen LogP contribution in [0.4, 0.5) is 0 Å². The molecule has 0 saturated heterocycles. The highest BCUT2D eigenvalue weighted by molar-refractivity contribution is 5.85. The largest absolute Gasteiger partial charge is 0.506 e. The second-order valence-electron chi connectivity index (χ2n) is 7.19. The summed E-state index contributed by atoms with van der Waals surface area (Å²) in [5, 5.41) is 25.0. The SMILES string of the molecule is Cl.O=c1ccc2cccc(O)c2n1[C@H](O)CNC1CCc2ccccc2CC1. The van der Waals surface area contributed by atoms with Gasteiger partial charge in [-0.2, -0.15) is 0 Å². The molecule has 1 heterocycles. The number of phenols is 1. The van der Waals surface area contributed by atoms with Crippen LogP contribution in [-0.4, -0.2) is 27.4 Å². The second-order valence-corrected chi connectivity index (χ2v) is 7.19. The molecule has 1 aliphatic carbocycles. The molecule has 0 spiro atoms. The first kappa shape index (κ1) is 20.4. The molecule has 1 aliphatic rings. The molecule has 6 heteroatoms. The number of aliphatic hydroxyl groups excluding tert-OH is 1. The van der Waals surface area contributed by atoms with Crippen LogP contribution in [0.25, 0.3) is 10.9 Å². The summed E-state index contributed by atoms with van der Waals surface area (Å²) < 4.78 is 1.27. The molecule has 1 atom stereocenters. The lowest BCUT2D eigenvalue weighted by Crippen LogP contribution is -2.37. The number of halogens is 1. The van der Waals surface area contributed by atoms with Gasteiger partial charge in [0.25, 0.3) is 5.56 Å². The lowest BCUT2D eigenvalue weighted by molar-refractivity contribution is 0.0988. The fraction of sp³-hybridized carbons (Fsp3) is 0.318. The van der Waals surface area contributed by atoms with Gasteiger partial charge in [-0.25, -0.2) is 0 Å². The van der Waals surface area contributed by atoms with Crippen molar-refractivity contribution in [2.75, 3.05) is 6.54 Å². The van der Waals surface area contributed by atoms with Gasteiger partial charge in [-0.05, 0) is 48.9 Å². The summed E-state index contributed by atoms with van der Waals surface area (Å²) >= 11 is 0. The minimum atomic E-state index is -1.04. The molecule has 0 aliphatic heterocycles. The van der Waals surface area contributed by atoms with E-state index in [9.17, 15) is 15.0 Å². The average molecular weight is 401 g/mol. The summed E-state index contributed by atoms with van der Waals surface area (Å²) in [6.45, 7) is 0.258. The van der Waals surface area contributed by atoms with Crippen LogP contribution in [0, 0.1) is 0 Å². The maximum Gasteiger partial charge on any atom is 0.253 e. The van der Waals surface area contributed by atoms with E-state index >= 15 is 0 Å². The standard InChI is InChI=1S/C22H24N2O3.ClH/c25-19-7-3-6-17-10-13-20(26)24(22(17)19)21(27)14-23-18-11-8-15-4-1-2-5-16(15)9-12-18;/h1-7,10,13,18,21,23,25,27H,8-9,11-12,14H2;1H/t21-;/m1./s1.